The van der Waals surface area contributed by atoms with Gasteiger partial charge in [-0.3, -0.25) is 0 Å². The van der Waals surface area contributed by atoms with Crippen LogP contribution in [0.1, 0.15) is 23.1 Å². The van der Waals surface area contributed by atoms with Crippen molar-refractivity contribution in [3.8, 4) is 0 Å². The highest BCUT2D eigenvalue weighted by molar-refractivity contribution is 6.13. The Hall–Kier alpha value is -3.66. The molecule has 0 aromatic heterocycles. The zero-order chi connectivity index (χ0) is 20.1. The first-order valence-electron chi connectivity index (χ1n) is 9.66. The van der Waals surface area contributed by atoms with Gasteiger partial charge in [-0.25, -0.2) is 9.79 Å². The fraction of sp³-hybridized carbons (Fsp3) is 0.120. The fourth-order valence-electron chi connectivity index (χ4n) is 3.46. The van der Waals surface area contributed by atoms with E-state index in [0.717, 1.165) is 40.1 Å². The van der Waals surface area contributed by atoms with Crippen molar-refractivity contribution in [2.75, 3.05) is 13.1 Å². The van der Waals surface area contributed by atoms with E-state index in [9.17, 15) is 4.79 Å². The first kappa shape index (κ1) is 18.7. The number of nitrogens with zero attached hydrogens (tertiary/aromatic N) is 2. The molecule has 1 amide bonds. The number of hydrogen-bond acceptors (Lipinski definition) is 2. The van der Waals surface area contributed by atoms with Gasteiger partial charge in [0.15, 0.2) is 0 Å². The lowest BCUT2D eigenvalue weighted by molar-refractivity contribution is 0.156. The summed E-state index contributed by atoms with van der Waals surface area (Å²) < 4.78 is 0. The summed E-state index contributed by atoms with van der Waals surface area (Å²) in [6.07, 6.45) is 2.01. The molecule has 0 unspecified atom stereocenters. The lowest BCUT2D eigenvalue weighted by Gasteiger charge is -2.08. The molecule has 1 heterocycles. The molecule has 0 radical (unpaired) electrons. The zero-order valence-electron chi connectivity index (χ0n) is 16.0. The minimum absolute atomic E-state index is 0.488. The molecular weight excluding hydrogens is 360 g/mol. The lowest BCUT2D eigenvalue weighted by atomic mass is 10.0. The Labute approximate surface area is 170 Å². The maximum absolute atomic E-state index is 11.1. The second-order valence-corrected chi connectivity index (χ2v) is 7.04. The van der Waals surface area contributed by atoms with Crippen molar-refractivity contribution >= 4 is 23.6 Å². The summed E-state index contributed by atoms with van der Waals surface area (Å²) in [5.41, 5.74) is 6.16. The van der Waals surface area contributed by atoms with Crippen molar-refractivity contribution in [2.24, 2.45) is 4.99 Å². The number of hydrogen-bond donors (Lipinski definition) is 1. The summed E-state index contributed by atoms with van der Waals surface area (Å²) in [5, 5.41) is 9.09. The standard InChI is InChI=1S/C25H22N2O2/c28-25(29)27-16-15-20(18-27)17-19-11-13-23(14-12-19)26-24(21-7-3-1-4-8-21)22-9-5-2-6-10-22/h1-14,17H,15-16,18H2,(H,28,29)/b20-17+. The number of carboxylic acid groups (broad SMARTS) is 1. The van der Waals surface area contributed by atoms with Crippen LogP contribution in [0.2, 0.25) is 0 Å². The topological polar surface area (TPSA) is 52.9 Å². The van der Waals surface area contributed by atoms with Gasteiger partial charge in [-0.1, -0.05) is 78.9 Å². The Balaban J connectivity index is 1.60. The molecule has 1 N–H and O–H groups in total. The molecule has 4 rings (SSSR count). The van der Waals surface area contributed by atoms with Gasteiger partial charge < -0.3 is 10.0 Å². The molecule has 0 saturated carbocycles. The molecule has 0 bridgehead atoms. The summed E-state index contributed by atoms with van der Waals surface area (Å²) in [6.45, 7) is 1.06. The second kappa shape index (κ2) is 8.57. The monoisotopic (exact) mass is 382 g/mol. The molecule has 29 heavy (non-hydrogen) atoms. The number of carbonyl (C=O) groups is 1. The van der Waals surface area contributed by atoms with Gasteiger partial charge in [-0.15, -0.1) is 0 Å². The zero-order valence-corrected chi connectivity index (χ0v) is 16.0. The van der Waals surface area contributed by atoms with Gasteiger partial charge in [0.1, 0.15) is 0 Å². The molecule has 3 aromatic carbocycles. The van der Waals surface area contributed by atoms with E-state index >= 15 is 0 Å². The molecule has 1 aliphatic rings. The van der Waals surface area contributed by atoms with Gasteiger partial charge in [-0.05, 0) is 29.7 Å². The van der Waals surface area contributed by atoms with Crippen molar-refractivity contribution in [3.63, 3.8) is 0 Å². The third-order valence-corrected chi connectivity index (χ3v) is 4.97. The maximum atomic E-state index is 11.1. The van der Waals surface area contributed by atoms with E-state index in [1.165, 1.54) is 4.90 Å². The van der Waals surface area contributed by atoms with Gasteiger partial charge in [0.2, 0.25) is 0 Å². The Kier molecular flexibility index (Phi) is 5.52. The molecule has 1 saturated heterocycles. The summed E-state index contributed by atoms with van der Waals surface area (Å²) in [4.78, 5) is 17.4. The van der Waals surface area contributed by atoms with Crippen LogP contribution in [0.4, 0.5) is 10.5 Å². The van der Waals surface area contributed by atoms with Crippen LogP contribution in [-0.4, -0.2) is 34.9 Å². The highest BCUT2D eigenvalue weighted by Crippen LogP contribution is 2.22. The quantitative estimate of drug-likeness (QED) is 0.595. The van der Waals surface area contributed by atoms with Crippen molar-refractivity contribution in [2.45, 2.75) is 6.42 Å². The Morgan fingerprint density at radius 2 is 1.45 bits per heavy atom. The summed E-state index contributed by atoms with van der Waals surface area (Å²) in [7, 11) is 0. The number of amides is 1. The summed E-state index contributed by atoms with van der Waals surface area (Å²) >= 11 is 0. The molecule has 4 heteroatoms. The van der Waals surface area contributed by atoms with Gasteiger partial charge >= 0.3 is 6.09 Å². The van der Waals surface area contributed by atoms with Crippen molar-refractivity contribution in [1.29, 1.82) is 0 Å². The Bertz CT molecular complexity index is 998. The number of rotatable bonds is 4. The molecule has 4 nitrogen and oxygen atoms in total. The van der Waals surface area contributed by atoms with E-state index in [4.69, 9.17) is 10.1 Å². The number of aliphatic imine (C=N–C) groups is 1. The smallest absolute Gasteiger partial charge is 0.407 e. The third kappa shape index (κ3) is 4.61. The first-order chi connectivity index (χ1) is 14.2. The van der Waals surface area contributed by atoms with Crippen LogP contribution in [0.25, 0.3) is 6.08 Å². The highest BCUT2D eigenvalue weighted by Gasteiger charge is 2.20. The van der Waals surface area contributed by atoms with Crippen LogP contribution in [0, 0.1) is 0 Å². The second-order valence-electron chi connectivity index (χ2n) is 7.04. The van der Waals surface area contributed by atoms with Crippen LogP contribution in [0.5, 0.6) is 0 Å². The largest absolute Gasteiger partial charge is 0.465 e. The molecule has 1 aliphatic heterocycles. The van der Waals surface area contributed by atoms with E-state index in [1.807, 2.05) is 60.7 Å². The Morgan fingerprint density at radius 3 is 1.97 bits per heavy atom. The predicted octanol–water partition coefficient (Wildman–Crippen LogP) is 5.62. The summed E-state index contributed by atoms with van der Waals surface area (Å²) in [5.74, 6) is 0. The summed E-state index contributed by atoms with van der Waals surface area (Å²) in [6, 6.07) is 28.4. The molecule has 0 aliphatic carbocycles. The fourth-order valence-corrected chi connectivity index (χ4v) is 3.46. The molecule has 0 spiro atoms. The molecule has 1 fully saturated rings. The van der Waals surface area contributed by atoms with Crippen LogP contribution < -0.4 is 0 Å². The maximum Gasteiger partial charge on any atom is 0.407 e. The minimum atomic E-state index is -0.854. The van der Waals surface area contributed by atoms with E-state index in [0.29, 0.717) is 13.1 Å². The molecule has 0 atom stereocenters. The Morgan fingerprint density at radius 1 is 0.862 bits per heavy atom. The normalized spacial score (nSPS) is 14.8. The van der Waals surface area contributed by atoms with Crippen molar-refractivity contribution in [1.82, 2.24) is 4.90 Å². The van der Waals surface area contributed by atoms with Crippen molar-refractivity contribution < 1.29 is 9.90 Å². The minimum Gasteiger partial charge on any atom is -0.465 e. The van der Waals surface area contributed by atoms with E-state index in [-0.39, 0.29) is 0 Å². The van der Waals surface area contributed by atoms with Crippen LogP contribution >= 0.6 is 0 Å². The van der Waals surface area contributed by atoms with Gasteiger partial charge in [0, 0.05) is 24.2 Å². The van der Waals surface area contributed by atoms with Crippen molar-refractivity contribution in [3.05, 3.63) is 107 Å². The van der Waals surface area contributed by atoms with Crippen LogP contribution in [-0.2, 0) is 0 Å². The average molecular weight is 382 g/mol. The highest BCUT2D eigenvalue weighted by atomic mass is 16.4. The van der Waals surface area contributed by atoms with Crippen LogP contribution in [0.15, 0.2) is 95.5 Å². The number of likely N-dealkylation sites (tertiary alicyclic amines) is 1. The predicted molar refractivity (Wildman–Crippen MR) is 117 cm³/mol. The first-order valence-corrected chi connectivity index (χ1v) is 9.66. The molecule has 3 aromatic rings. The SMILES string of the molecule is O=C(O)N1CC/C(=C\c2ccc(N=C(c3ccccc3)c3ccccc3)cc2)C1. The molecule has 144 valence electrons. The number of benzene rings is 3. The van der Waals surface area contributed by atoms with Crippen LogP contribution in [0.3, 0.4) is 0 Å². The average Bonchev–Trinajstić information content (AvgIpc) is 3.23. The van der Waals surface area contributed by atoms with Gasteiger partial charge in [0.25, 0.3) is 0 Å². The van der Waals surface area contributed by atoms with E-state index in [2.05, 4.69) is 30.3 Å². The third-order valence-electron chi connectivity index (χ3n) is 4.97. The van der Waals surface area contributed by atoms with E-state index in [1.54, 1.807) is 0 Å². The van der Waals surface area contributed by atoms with Gasteiger partial charge in [-0.2, -0.15) is 0 Å². The molecular formula is C25H22N2O2. The lowest BCUT2D eigenvalue weighted by Crippen LogP contribution is -2.25. The van der Waals surface area contributed by atoms with Gasteiger partial charge in [0.05, 0.1) is 11.4 Å². The van der Waals surface area contributed by atoms with E-state index < -0.39 is 6.09 Å².